The molecule has 1 atom stereocenters. The molecule has 156 valence electrons. The second-order valence-electron chi connectivity index (χ2n) is 6.66. The summed E-state index contributed by atoms with van der Waals surface area (Å²) in [7, 11) is 0. The van der Waals surface area contributed by atoms with Crippen LogP contribution in [0.4, 0.5) is 0 Å². The van der Waals surface area contributed by atoms with Gasteiger partial charge in [-0.05, 0) is 35.2 Å². The summed E-state index contributed by atoms with van der Waals surface area (Å²) in [5.74, 6) is -0.854. The van der Waals surface area contributed by atoms with Gasteiger partial charge in [-0.1, -0.05) is 72.8 Å². The van der Waals surface area contributed by atoms with E-state index in [0.717, 1.165) is 16.7 Å². The number of esters is 2. The minimum atomic E-state index is -0.769. The zero-order valence-corrected chi connectivity index (χ0v) is 17.2. The van der Waals surface area contributed by atoms with Crippen molar-refractivity contribution in [3.8, 4) is 0 Å². The number of hydrogen-bond donors (Lipinski definition) is 1. The van der Waals surface area contributed by atoms with Gasteiger partial charge in [0.1, 0.15) is 19.3 Å². The monoisotopic (exact) mass is 425 g/mol. The SMILES string of the molecule is Cl.N[C@@H](Cc1ccc(C(=O)OCc2ccccc2)cc1)C(=O)OCc1ccccc1. The summed E-state index contributed by atoms with van der Waals surface area (Å²) >= 11 is 0. The number of carbonyl (C=O) groups excluding carboxylic acids is 2. The minimum absolute atomic E-state index is 0. The lowest BCUT2D eigenvalue weighted by Crippen LogP contribution is -2.34. The van der Waals surface area contributed by atoms with Gasteiger partial charge in [0.15, 0.2) is 0 Å². The Balaban J connectivity index is 0.00000320. The third kappa shape index (κ3) is 7.03. The molecule has 0 aliphatic rings. The smallest absolute Gasteiger partial charge is 0.338 e. The van der Waals surface area contributed by atoms with Crippen molar-refractivity contribution >= 4 is 24.3 Å². The summed E-state index contributed by atoms with van der Waals surface area (Å²) in [5.41, 5.74) is 9.08. The van der Waals surface area contributed by atoms with Crippen LogP contribution in [0.25, 0.3) is 0 Å². The number of carbonyl (C=O) groups is 2. The number of rotatable bonds is 8. The van der Waals surface area contributed by atoms with E-state index in [2.05, 4.69) is 0 Å². The van der Waals surface area contributed by atoms with E-state index in [-0.39, 0.29) is 25.6 Å². The van der Waals surface area contributed by atoms with Crippen molar-refractivity contribution in [2.24, 2.45) is 5.73 Å². The lowest BCUT2D eigenvalue weighted by Gasteiger charge is -2.12. The Bertz CT molecular complexity index is 930. The lowest BCUT2D eigenvalue weighted by molar-refractivity contribution is -0.146. The Morgan fingerprint density at radius 3 is 1.73 bits per heavy atom. The van der Waals surface area contributed by atoms with Crippen LogP contribution in [0, 0.1) is 0 Å². The molecule has 3 rings (SSSR count). The molecular weight excluding hydrogens is 402 g/mol. The van der Waals surface area contributed by atoms with Crippen LogP contribution in [0.3, 0.4) is 0 Å². The summed E-state index contributed by atoms with van der Waals surface area (Å²) in [6.07, 6.45) is 0.326. The van der Waals surface area contributed by atoms with E-state index >= 15 is 0 Å². The lowest BCUT2D eigenvalue weighted by atomic mass is 10.0. The van der Waals surface area contributed by atoms with Crippen molar-refractivity contribution in [2.75, 3.05) is 0 Å². The Morgan fingerprint density at radius 1 is 0.700 bits per heavy atom. The van der Waals surface area contributed by atoms with Gasteiger partial charge in [0.25, 0.3) is 0 Å². The first kappa shape index (κ1) is 23.1. The molecule has 0 saturated carbocycles. The first-order valence-electron chi connectivity index (χ1n) is 9.38. The molecule has 3 aromatic carbocycles. The maximum atomic E-state index is 12.2. The van der Waals surface area contributed by atoms with Crippen LogP contribution in [0.15, 0.2) is 84.9 Å². The number of halogens is 1. The Labute approximate surface area is 182 Å². The van der Waals surface area contributed by atoms with Crippen molar-refractivity contribution in [1.82, 2.24) is 0 Å². The third-order valence-electron chi connectivity index (χ3n) is 4.38. The Hall–Kier alpha value is -3.15. The second-order valence-corrected chi connectivity index (χ2v) is 6.66. The number of nitrogens with two attached hydrogens (primary N) is 1. The summed E-state index contributed by atoms with van der Waals surface area (Å²) in [4.78, 5) is 24.3. The first-order chi connectivity index (χ1) is 14.1. The molecule has 0 spiro atoms. The molecule has 5 nitrogen and oxygen atoms in total. The Morgan fingerprint density at radius 2 is 1.20 bits per heavy atom. The van der Waals surface area contributed by atoms with Gasteiger partial charge in [0.05, 0.1) is 5.56 Å². The van der Waals surface area contributed by atoms with Crippen LogP contribution in [-0.4, -0.2) is 18.0 Å². The molecule has 0 amide bonds. The highest BCUT2D eigenvalue weighted by atomic mass is 35.5. The summed E-state index contributed by atoms with van der Waals surface area (Å²) in [6.45, 7) is 0.416. The van der Waals surface area contributed by atoms with E-state index in [1.54, 1.807) is 24.3 Å². The highest BCUT2D eigenvalue weighted by Gasteiger charge is 2.16. The van der Waals surface area contributed by atoms with Gasteiger partial charge in [-0.3, -0.25) is 4.79 Å². The fourth-order valence-corrected chi connectivity index (χ4v) is 2.76. The number of ether oxygens (including phenoxy) is 2. The van der Waals surface area contributed by atoms with Crippen LogP contribution in [0.1, 0.15) is 27.0 Å². The van der Waals surface area contributed by atoms with Gasteiger partial charge in [0, 0.05) is 0 Å². The summed E-state index contributed by atoms with van der Waals surface area (Å²) in [5, 5.41) is 0. The molecule has 2 N–H and O–H groups in total. The molecule has 30 heavy (non-hydrogen) atoms. The van der Waals surface area contributed by atoms with Gasteiger partial charge in [0.2, 0.25) is 0 Å². The van der Waals surface area contributed by atoms with E-state index in [0.29, 0.717) is 12.0 Å². The standard InChI is InChI=1S/C24H23NO4.ClH/c25-22(24(27)29-17-20-9-5-2-6-10-20)15-18-11-13-21(14-12-18)23(26)28-16-19-7-3-1-4-8-19;/h1-14,22H,15-17,25H2;1H/t22-;/m0./s1. The van der Waals surface area contributed by atoms with Gasteiger partial charge in [-0.15, -0.1) is 12.4 Å². The van der Waals surface area contributed by atoms with Crippen molar-refractivity contribution in [3.05, 3.63) is 107 Å². The van der Waals surface area contributed by atoms with E-state index in [9.17, 15) is 9.59 Å². The molecule has 0 radical (unpaired) electrons. The third-order valence-corrected chi connectivity index (χ3v) is 4.38. The van der Waals surface area contributed by atoms with Gasteiger partial charge < -0.3 is 15.2 Å². The van der Waals surface area contributed by atoms with Gasteiger partial charge in [-0.2, -0.15) is 0 Å². The summed E-state index contributed by atoms with van der Waals surface area (Å²) in [6, 6.07) is 25.0. The van der Waals surface area contributed by atoms with Crippen molar-refractivity contribution in [1.29, 1.82) is 0 Å². The molecule has 0 fully saturated rings. The van der Waals surface area contributed by atoms with Crippen LogP contribution < -0.4 is 5.73 Å². The molecule has 0 saturated heterocycles. The van der Waals surface area contributed by atoms with E-state index in [4.69, 9.17) is 15.2 Å². The van der Waals surface area contributed by atoms with Gasteiger partial charge >= 0.3 is 11.9 Å². The molecule has 0 aliphatic heterocycles. The van der Waals surface area contributed by atoms with Crippen molar-refractivity contribution < 1.29 is 19.1 Å². The average molecular weight is 426 g/mol. The minimum Gasteiger partial charge on any atom is -0.460 e. The first-order valence-corrected chi connectivity index (χ1v) is 9.38. The highest BCUT2D eigenvalue weighted by Crippen LogP contribution is 2.11. The molecule has 0 bridgehead atoms. The number of benzene rings is 3. The predicted octanol–water partition coefficient (Wildman–Crippen LogP) is 4.08. The largest absolute Gasteiger partial charge is 0.460 e. The molecule has 0 aromatic heterocycles. The molecule has 0 heterocycles. The molecule has 0 unspecified atom stereocenters. The summed E-state index contributed by atoms with van der Waals surface area (Å²) < 4.78 is 10.6. The average Bonchev–Trinajstić information content (AvgIpc) is 2.77. The molecule has 0 aliphatic carbocycles. The normalized spacial score (nSPS) is 11.1. The van der Waals surface area contributed by atoms with Crippen LogP contribution >= 0.6 is 12.4 Å². The predicted molar refractivity (Wildman–Crippen MR) is 117 cm³/mol. The van der Waals surface area contributed by atoms with E-state index < -0.39 is 18.0 Å². The van der Waals surface area contributed by atoms with Crippen LogP contribution in [-0.2, 0) is 33.9 Å². The van der Waals surface area contributed by atoms with E-state index in [1.807, 2.05) is 60.7 Å². The maximum absolute atomic E-state index is 12.2. The molecule has 6 heteroatoms. The zero-order valence-electron chi connectivity index (χ0n) is 16.4. The second kappa shape index (κ2) is 11.8. The quantitative estimate of drug-likeness (QED) is 0.550. The fraction of sp³-hybridized carbons (Fsp3) is 0.167. The topological polar surface area (TPSA) is 78.6 Å². The van der Waals surface area contributed by atoms with Gasteiger partial charge in [-0.25, -0.2) is 4.79 Å². The molecular formula is C24H24ClNO4. The Kier molecular flexibility index (Phi) is 9.06. The molecule has 3 aromatic rings. The highest BCUT2D eigenvalue weighted by molar-refractivity contribution is 5.89. The zero-order chi connectivity index (χ0) is 20.5. The van der Waals surface area contributed by atoms with Crippen LogP contribution in [0.2, 0.25) is 0 Å². The van der Waals surface area contributed by atoms with Crippen molar-refractivity contribution in [3.63, 3.8) is 0 Å². The fourth-order valence-electron chi connectivity index (χ4n) is 2.76. The van der Waals surface area contributed by atoms with Crippen molar-refractivity contribution in [2.45, 2.75) is 25.7 Å². The number of hydrogen-bond acceptors (Lipinski definition) is 5. The van der Waals surface area contributed by atoms with E-state index in [1.165, 1.54) is 0 Å². The van der Waals surface area contributed by atoms with Crippen LogP contribution in [0.5, 0.6) is 0 Å². The maximum Gasteiger partial charge on any atom is 0.338 e.